The summed E-state index contributed by atoms with van der Waals surface area (Å²) in [4.78, 5) is 13.6. The Morgan fingerprint density at radius 1 is 1.53 bits per heavy atom. The average Bonchev–Trinajstić information content (AvgIpc) is 2.64. The van der Waals surface area contributed by atoms with Gasteiger partial charge in [0.2, 0.25) is 5.91 Å². The lowest BCUT2D eigenvalue weighted by atomic mass is 9.98. The molecule has 4 nitrogen and oxygen atoms in total. The summed E-state index contributed by atoms with van der Waals surface area (Å²) in [5.41, 5.74) is 2.80. The molecule has 1 N–H and O–H groups in total. The smallest absolute Gasteiger partial charge is 0.231 e. The Hall–Kier alpha value is -1.71. The van der Waals surface area contributed by atoms with Gasteiger partial charge in [0.15, 0.2) is 11.5 Å². The van der Waals surface area contributed by atoms with Gasteiger partial charge < -0.3 is 14.7 Å². The number of rotatable bonds is 2. The van der Waals surface area contributed by atoms with Crippen molar-refractivity contribution in [1.82, 2.24) is 0 Å². The van der Waals surface area contributed by atoms with E-state index in [-0.39, 0.29) is 11.7 Å². The maximum Gasteiger partial charge on any atom is 0.231 e. The summed E-state index contributed by atoms with van der Waals surface area (Å²) in [6.45, 7) is 3.17. The first-order valence-corrected chi connectivity index (χ1v) is 6.03. The second kappa shape index (κ2) is 3.65. The summed E-state index contributed by atoms with van der Waals surface area (Å²) in [5, 5.41) is 10.2. The summed E-state index contributed by atoms with van der Waals surface area (Å²) in [5.74, 6) is 0.858. The molecule has 1 amide bonds. The van der Waals surface area contributed by atoms with Crippen molar-refractivity contribution in [2.45, 2.75) is 26.2 Å². The number of hydrogen-bond acceptors (Lipinski definition) is 3. The van der Waals surface area contributed by atoms with Crippen LogP contribution in [0.15, 0.2) is 6.07 Å². The Balaban J connectivity index is 2.18. The predicted molar refractivity (Wildman–Crippen MR) is 63.7 cm³/mol. The van der Waals surface area contributed by atoms with E-state index in [2.05, 4.69) is 0 Å². The fraction of sp³-hybridized carbons (Fsp3) is 0.462. The average molecular weight is 233 g/mol. The minimum Gasteiger partial charge on any atom is -0.504 e. The van der Waals surface area contributed by atoms with Crippen LogP contribution in [0.1, 0.15) is 24.5 Å². The fourth-order valence-electron chi connectivity index (χ4n) is 2.76. The van der Waals surface area contributed by atoms with E-state index in [0.29, 0.717) is 18.8 Å². The number of nitrogens with zero attached hydrogens (tertiary/aromatic N) is 1. The van der Waals surface area contributed by atoms with Gasteiger partial charge in [-0.1, -0.05) is 0 Å². The predicted octanol–water partition coefficient (Wildman–Crippen LogP) is 1.63. The molecule has 0 saturated carbocycles. The molecule has 1 aromatic rings. The highest BCUT2D eigenvalue weighted by Crippen LogP contribution is 2.45. The lowest BCUT2D eigenvalue weighted by Crippen LogP contribution is -2.31. The van der Waals surface area contributed by atoms with E-state index in [1.807, 2.05) is 6.92 Å². The second-order valence-electron chi connectivity index (χ2n) is 4.47. The molecule has 0 radical (unpaired) electrons. The highest BCUT2D eigenvalue weighted by molar-refractivity contribution is 6.03. The largest absolute Gasteiger partial charge is 0.504 e. The molecule has 0 aliphatic carbocycles. The zero-order valence-electron chi connectivity index (χ0n) is 9.82. The normalized spacial score (nSPS) is 17.2. The molecule has 0 fully saturated rings. The number of phenolic OH excluding ortho intramolecular Hbond substituents is 1. The number of amides is 1. The first-order chi connectivity index (χ1) is 8.22. The van der Waals surface area contributed by atoms with Crippen molar-refractivity contribution >= 4 is 11.6 Å². The van der Waals surface area contributed by atoms with Crippen molar-refractivity contribution in [3.8, 4) is 11.5 Å². The van der Waals surface area contributed by atoms with Gasteiger partial charge in [0.05, 0.1) is 18.7 Å². The van der Waals surface area contributed by atoms with Crippen LogP contribution in [-0.4, -0.2) is 24.2 Å². The highest BCUT2D eigenvalue weighted by atomic mass is 16.5. The minimum atomic E-state index is 0.133. The van der Waals surface area contributed by atoms with E-state index in [1.54, 1.807) is 11.0 Å². The maximum absolute atomic E-state index is 11.8. The molecule has 2 aliphatic heterocycles. The molecule has 2 aliphatic rings. The zero-order chi connectivity index (χ0) is 12.0. The van der Waals surface area contributed by atoms with E-state index in [0.717, 1.165) is 36.2 Å². The van der Waals surface area contributed by atoms with Crippen LogP contribution in [-0.2, 0) is 17.6 Å². The van der Waals surface area contributed by atoms with Crippen molar-refractivity contribution in [3.63, 3.8) is 0 Å². The molecule has 0 spiro atoms. The van der Waals surface area contributed by atoms with E-state index in [4.69, 9.17) is 4.74 Å². The van der Waals surface area contributed by atoms with Gasteiger partial charge in [-0.15, -0.1) is 0 Å². The molecular weight excluding hydrogens is 218 g/mol. The summed E-state index contributed by atoms with van der Waals surface area (Å²) in [6.07, 6.45) is 2.16. The van der Waals surface area contributed by atoms with Gasteiger partial charge in [-0.25, -0.2) is 0 Å². The Labute approximate surface area is 99.8 Å². The van der Waals surface area contributed by atoms with E-state index in [1.165, 1.54) is 0 Å². The summed E-state index contributed by atoms with van der Waals surface area (Å²) >= 11 is 0. The summed E-state index contributed by atoms with van der Waals surface area (Å²) < 4.78 is 5.42. The Kier molecular flexibility index (Phi) is 2.24. The SMILES string of the molecule is CCOc1cc2c3c(c1O)CCCN3C(=O)C2. The molecule has 2 heterocycles. The first-order valence-electron chi connectivity index (χ1n) is 6.03. The minimum absolute atomic E-state index is 0.133. The van der Waals surface area contributed by atoms with Gasteiger partial charge >= 0.3 is 0 Å². The number of phenols is 1. The molecule has 0 atom stereocenters. The van der Waals surface area contributed by atoms with Crippen LogP contribution in [0.5, 0.6) is 11.5 Å². The number of hydrogen-bond donors (Lipinski definition) is 1. The van der Waals surface area contributed by atoms with Crippen LogP contribution >= 0.6 is 0 Å². The molecule has 0 unspecified atom stereocenters. The van der Waals surface area contributed by atoms with Crippen molar-refractivity contribution in [2.24, 2.45) is 0 Å². The van der Waals surface area contributed by atoms with Gasteiger partial charge in [0.25, 0.3) is 0 Å². The monoisotopic (exact) mass is 233 g/mol. The number of ether oxygens (including phenoxy) is 1. The van der Waals surface area contributed by atoms with Crippen LogP contribution < -0.4 is 9.64 Å². The van der Waals surface area contributed by atoms with Gasteiger partial charge in [0, 0.05) is 12.1 Å². The number of carbonyl (C=O) groups is 1. The van der Waals surface area contributed by atoms with Gasteiger partial charge in [0.1, 0.15) is 0 Å². The fourth-order valence-corrected chi connectivity index (χ4v) is 2.76. The van der Waals surface area contributed by atoms with Crippen LogP contribution in [0.2, 0.25) is 0 Å². The summed E-state index contributed by atoms with van der Waals surface area (Å²) in [7, 11) is 0. The zero-order valence-corrected chi connectivity index (χ0v) is 9.82. The van der Waals surface area contributed by atoms with E-state index in [9.17, 15) is 9.90 Å². The van der Waals surface area contributed by atoms with Gasteiger partial charge in [-0.3, -0.25) is 4.79 Å². The third kappa shape index (κ3) is 1.40. The Morgan fingerprint density at radius 2 is 2.35 bits per heavy atom. The van der Waals surface area contributed by atoms with Gasteiger partial charge in [-0.05, 0) is 31.4 Å². The number of carbonyl (C=O) groups excluding carboxylic acids is 1. The standard InChI is InChI=1S/C13H15NO3/c1-2-17-10-6-8-7-11(15)14-5-3-4-9(12(8)14)13(10)16/h6,16H,2-5,7H2,1H3. The second-order valence-corrected chi connectivity index (χ2v) is 4.47. The molecule has 1 aromatic carbocycles. The summed E-state index contributed by atoms with van der Waals surface area (Å²) in [6, 6.07) is 1.81. The third-order valence-electron chi connectivity index (χ3n) is 3.44. The molecule has 17 heavy (non-hydrogen) atoms. The highest BCUT2D eigenvalue weighted by Gasteiger charge is 2.34. The molecule has 0 aromatic heterocycles. The molecule has 0 bridgehead atoms. The number of aromatic hydroxyl groups is 1. The first kappa shape index (κ1) is 10.4. The van der Waals surface area contributed by atoms with Gasteiger partial charge in [-0.2, -0.15) is 0 Å². The lowest BCUT2D eigenvalue weighted by molar-refractivity contribution is -0.117. The topological polar surface area (TPSA) is 49.8 Å². The van der Waals surface area contributed by atoms with Crippen LogP contribution in [0, 0.1) is 0 Å². The van der Waals surface area contributed by atoms with E-state index >= 15 is 0 Å². The van der Waals surface area contributed by atoms with Crippen LogP contribution in [0.3, 0.4) is 0 Å². The van der Waals surface area contributed by atoms with Crippen molar-refractivity contribution in [1.29, 1.82) is 0 Å². The lowest BCUT2D eigenvalue weighted by Gasteiger charge is -2.26. The Bertz CT molecular complexity index is 496. The number of benzene rings is 1. The van der Waals surface area contributed by atoms with E-state index < -0.39 is 0 Å². The number of anilines is 1. The molecule has 90 valence electrons. The van der Waals surface area contributed by atoms with Crippen LogP contribution in [0.4, 0.5) is 5.69 Å². The molecular formula is C13H15NO3. The quantitative estimate of drug-likeness (QED) is 0.844. The Morgan fingerprint density at radius 3 is 3.12 bits per heavy atom. The molecule has 4 heteroatoms. The van der Waals surface area contributed by atoms with Crippen molar-refractivity contribution in [2.75, 3.05) is 18.1 Å². The molecule has 0 saturated heterocycles. The van der Waals surface area contributed by atoms with Crippen molar-refractivity contribution < 1.29 is 14.6 Å². The maximum atomic E-state index is 11.8. The molecule has 3 rings (SSSR count). The van der Waals surface area contributed by atoms with Crippen molar-refractivity contribution in [3.05, 3.63) is 17.2 Å². The third-order valence-corrected chi connectivity index (χ3v) is 3.44. The van der Waals surface area contributed by atoms with Crippen LogP contribution in [0.25, 0.3) is 0 Å².